The van der Waals surface area contributed by atoms with Crippen LogP contribution in [0.5, 0.6) is 5.75 Å². The van der Waals surface area contributed by atoms with Gasteiger partial charge in [-0.05, 0) is 43.4 Å². The van der Waals surface area contributed by atoms with E-state index in [9.17, 15) is 14.4 Å². The van der Waals surface area contributed by atoms with Gasteiger partial charge >= 0.3 is 0 Å². The molecule has 2 aromatic heterocycles. The largest absolute Gasteiger partial charge is 0.490 e. The zero-order chi connectivity index (χ0) is 24.6. The van der Waals surface area contributed by atoms with Crippen LogP contribution in [0.25, 0.3) is 0 Å². The van der Waals surface area contributed by atoms with Gasteiger partial charge in [-0.15, -0.1) is 0 Å². The van der Waals surface area contributed by atoms with Gasteiger partial charge in [0.2, 0.25) is 0 Å². The molecule has 1 fully saturated rings. The van der Waals surface area contributed by atoms with Crippen molar-refractivity contribution >= 4 is 17.7 Å². The molecule has 9 heteroatoms. The summed E-state index contributed by atoms with van der Waals surface area (Å²) in [6.45, 7) is 0.843. The smallest absolute Gasteiger partial charge is 0.272 e. The van der Waals surface area contributed by atoms with E-state index in [1.807, 2.05) is 30.3 Å². The third-order valence-corrected chi connectivity index (χ3v) is 5.94. The highest BCUT2D eigenvalue weighted by Gasteiger charge is 2.21. The molecule has 35 heavy (non-hydrogen) atoms. The first-order chi connectivity index (χ1) is 17.0. The van der Waals surface area contributed by atoms with E-state index in [1.165, 1.54) is 12.3 Å². The monoisotopic (exact) mass is 475 g/mol. The maximum absolute atomic E-state index is 13.4. The third-order valence-electron chi connectivity index (χ3n) is 5.94. The third kappa shape index (κ3) is 6.47. The van der Waals surface area contributed by atoms with E-state index in [0.717, 1.165) is 31.2 Å². The summed E-state index contributed by atoms with van der Waals surface area (Å²) in [5, 5.41) is 2.78. The number of rotatable bonds is 10. The number of pyridine rings is 1. The fraction of sp³-hybridized carbons (Fsp3) is 0.308. The summed E-state index contributed by atoms with van der Waals surface area (Å²) in [5.74, 6) is -0.625. The van der Waals surface area contributed by atoms with Crippen molar-refractivity contribution in [3.05, 3.63) is 83.4 Å². The van der Waals surface area contributed by atoms with Crippen LogP contribution in [0, 0.1) is 0 Å². The number of hydrogen-bond acceptors (Lipinski definition) is 5. The summed E-state index contributed by atoms with van der Waals surface area (Å²) < 4.78 is 6.04. The van der Waals surface area contributed by atoms with Gasteiger partial charge in [-0.1, -0.05) is 30.3 Å². The number of ether oxygens (including phenoxy) is 1. The van der Waals surface area contributed by atoms with Crippen molar-refractivity contribution in [2.24, 2.45) is 5.73 Å². The summed E-state index contributed by atoms with van der Waals surface area (Å²) in [7, 11) is 0. The Bertz CT molecular complexity index is 1170. The van der Waals surface area contributed by atoms with Crippen molar-refractivity contribution in [2.45, 2.75) is 38.3 Å². The summed E-state index contributed by atoms with van der Waals surface area (Å²) in [6, 6.07) is 14.5. The molecule has 0 radical (unpaired) electrons. The van der Waals surface area contributed by atoms with E-state index in [2.05, 4.69) is 15.3 Å². The minimum Gasteiger partial charge on any atom is -0.490 e. The molecule has 0 atom stereocenters. The minimum absolute atomic E-state index is 0.154. The average Bonchev–Trinajstić information content (AvgIpc) is 3.56. The van der Waals surface area contributed by atoms with E-state index in [0.29, 0.717) is 18.0 Å². The Hall–Kier alpha value is -4.14. The molecule has 0 bridgehead atoms. The van der Waals surface area contributed by atoms with Crippen LogP contribution in [0.1, 0.15) is 62.6 Å². The van der Waals surface area contributed by atoms with Crippen LogP contribution in [-0.4, -0.2) is 51.8 Å². The lowest BCUT2D eigenvalue weighted by molar-refractivity contribution is 0.0730. The molecular formula is C26H29N5O4. The van der Waals surface area contributed by atoms with Gasteiger partial charge in [0, 0.05) is 38.1 Å². The van der Waals surface area contributed by atoms with Gasteiger partial charge in [0.25, 0.3) is 17.7 Å². The Kier molecular flexibility index (Phi) is 7.77. The lowest BCUT2D eigenvalue weighted by Crippen LogP contribution is -2.38. The molecule has 0 saturated heterocycles. The number of amides is 3. The second-order valence-corrected chi connectivity index (χ2v) is 8.54. The average molecular weight is 476 g/mol. The van der Waals surface area contributed by atoms with Crippen LogP contribution in [0.3, 0.4) is 0 Å². The van der Waals surface area contributed by atoms with Gasteiger partial charge in [-0.25, -0.2) is 0 Å². The first-order valence-electron chi connectivity index (χ1n) is 11.7. The number of benzene rings is 1. The minimum atomic E-state index is -0.643. The maximum Gasteiger partial charge on any atom is 0.272 e. The molecule has 3 amide bonds. The SMILES string of the molecule is NC(=O)c1cc(C(=O)NCCN(Cc2ccccc2)C(=O)c2cc(OC3CCCC3)ccn2)c[nH]1. The van der Waals surface area contributed by atoms with E-state index in [1.54, 1.807) is 23.2 Å². The van der Waals surface area contributed by atoms with Crippen LogP contribution in [0.4, 0.5) is 0 Å². The Morgan fingerprint density at radius 3 is 2.60 bits per heavy atom. The first-order valence-corrected chi connectivity index (χ1v) is 11.7. The second-order valence-electron chi connectivity index (χ2n) is 8.54. The lowest BCUT2D eigenvalue weighted by atomic mass is 10.2. The second kappa shape index (κ2) is 11.3. The topological polar surface area (TPSA) is 130 Å². The van der Waals surface area contributed by atoms with Crippen LogP contribution in [-0.2, 0) is 6.54 Å². The van der Waals surface area contributed by atoms with Crippen molar-refractivity contribution in [1.82, 2.24) is 20.2 Å². The predicted molar refractivity (Wildman–Crippen MR) is 130 cm³/mol. The molecular weight excluding hydrogens is 446 g/mol. The molecule has 2 heterocycles. The fourth-order valence-corrected chi connectivity index (χ4v) is 4.09. The molecule has 0 spiro atoms. The number of hydrogen-bond donors (Lipinski definition) is 3. The Morgan fingerprint density at radius 1 is 1.11 bits per heavy atom. The Balaban J connectivity index is 1.43. The summed E-state index contributed by atoms with van der Waals surface area (Å²) in [4.78, 5) is 45.7. The van der Waals surface area contributed by atoms with Crippen LogP contribution in [0.2, 0.25) is 0 Å². The number of aromatic amines is 1. The molecule has 1 saturated carbocycles. The number of primary amides is 1. The standard InChI is InChI=1S/C26H29N5O4/c27-24(32)22-14-19(16-30-22)25(33)29-12-13-31(17-18-6-2-1-3-7-18)26(34)23-15-21(10-11-28-23)35-20-8-4-5-9-20/h1-3,6-7,10-11,14-16,20,30H,4-5,8-9,12-13,17H2,(H2,27,32)(H,29,33). The molecule has 0 aliphatic heterocycles. The van der Waals surface area contributed by atoms with Gasteiger partial charge in [-0.3, -0.25) is 19.4 Å². The van der Waals surface area contributed by atoms with Crippen LogP contribution in [0.15, 0.2) is 60.9 Å². The zero-order valence-electron chi connectivity index (χ0n) is 19.4. The molecule has 1 aliphatic carbocycles. The zero-order valence-corrected chi connectivity index (χ0v) is 19.4. The first kappa shape index (κ1) is 24.0. The predicted octanol–water partition coefficient (Wildman–Crippen LogP) is 2.90. The number of nitrogens with zero attached hydrogens (tertiary/aromatic N) is 2. The van der Waals surface area contributed by atoms with Crippen molar-refractivity contribution in [1.29, 1.82) is 0 Å². The lowest BCUT2D eigenvalue weighted by Gasteiger charge is -2.23. The number of carbonyl (C=O) groups excluding carboxylic acids is 3. The van der Waals surface area contributed by atoms with E-state index < -0.39 is 5.91 Å². The fourth-order valence-electron chi connectivity index (χ4n) is 4.09. The van der Waals surface area contributed by atoms with Crippen LogP contribution >= 0.6 is 0 Å². The maximum atomic E-state index is 13.4. The highest BCUT2D eigenvalue weighted by atomic mass is 16.5. The molecule has 4 N–H and O–H groups in total. The number of H-pyrrole nitrogens is 1. The van der Waals surface area contributed by atoms with Gasteiger partial charge < -0.3 is 25.7 Å². The van der Waals surface area contributed by atoms with Gasteiger partial charge in [0.05, 0.1) is 11.7 Å². The molecule has 0 unspecified atom stereocenters. The molecule has 9 nitrogen and oxygen atoms in total. The number of nitrogens with two attached hydrogens (primary N) is 1. The van der Waals surface area contributed by atoms with Gasteiger partial charge in [0.15, 0.2) is 0 Å². The summed E-state index contributed by atoms with van der Waals surface area (Å²) in [6.07, 6.45) is 7.54. The van der Waals surface area contributed by atoms with Gasteiger partial charge in [-0.2, -0.15) is 0 Å². The van der Waals surface area contributed by atoms with E-state index in [4.69, 9.17) is 10.5 Å². The van der Waals surface area contributed by atoms with Crippen LogP contribution < -0.4 is 15.8 Å². The quantitative estimate of drug-likeness (QED) is 0.415. The highest BCUT2D eigenvalue weighted by molar-refractivity contribution is 5.98. The van der Waals surface area contributed by atoms with E-state index in [-0.39, 0.29) is 42.3 Å². The van der Waals surface area contributed by atoms with Gasteiger partial charge in [0.1, 0.15) is 17.1 Å². The van der Waals surface area contributed by atoms with Crippen molar-refractivity contribution in [2.75, 3.05) is 13.1 Å². The molecule has 4 rings (SSSR count). The molecule has 182 valence electrons. The number of aromatic nitrogens is 2. The number of nitrogens with one attached hydrogen (secondary N) is 2. The summed E-state index contributed by atoms with van der Waals surface area (Å²) >= 11 is 0. The number of carbonyl (C=O) groups is 3. The molecule has 1 aliphatic rings. The summed E-state index contributed by atoms with van der Waals surface area (Å²) in [5.41, 5.74) is 6.92. The molecule has 3 aromatic rings. The van der Waals surface area contributed by atoms with Crippen molar-refractivity contribution in [3.63, 3.8) is 0 Å². The van der Waals surface area contributed by atoms with Crippen molar-refractivity contribution in [3.8, 4) is 5.75 Å². The normalized spacial score (nSPS) is 13.4. The molecule has 1 aromatic carbocycles. The highest BCUT2D eigenvalue weighted by Crippen LogP contribution is 2.24. The van der Waals surface area contributed by atoms with Crippen molar-refractivity contribution < 1.29 is 19.1 Å². The Labute approximate surface area is 203 Å². The Morgan fingerprint density at radius 2 is 1.89 bits per heavy atom. The van der Waals surface area contributed by atoms with E-state index >= 15 is 0 Å².